The molecule has 0 spiro atoms. The zero-order valence-corrected chi connectivity index (χ0v) is 20.5. The molecule has 8 heteroatoms. The summed E-state index contributed by atoms with van der Waals surface area (Å²) in [5.41, 5.74) is 0.636. The Morgan fingerprint density at radius 3 is 2.62 bits per heavy atom. The molecule has 7 nitrogen and oxygen atoms in total. The van der Waals surface area contributed by atoms with Crippen LogP contribution in [0.2, 0.25) is 0 Å². The molecule has 0 radical (unpaired) electrons. The number of nitrogens with one attached hydrogen (secondary N) is 1. The van der Waals surface area contributed by atoms with Gasteiger partial charge < -0.3 is 19.7 Å². The van der Waals surface area contributed by atoms with Crippen LogP contribution in [0.1, 0.15) is 41.5 Å². The second-order valence-electron chi connectivity index (χ2n) is 8.83. The van der Waals surface area contributed by atoms with Gasteiger partial charge in [0.25, 0.3) is 11.8 Å². The molecule has 2 aromatic rings. The van der Waals surface area contributed by atoms with Crippen molar-refractivity contribution in [3.8, 4) is 5.75 Å². The van der Waals surface area contributed by atoms with Crippen LogP contribution in [0.5, 0.6) is 5.75 Å². The molecule has 2 aromatic carbocycles. The number of hydrogen-bond acceptors (Lipinski definition) is 5. The Balaban J connectivity index is 1.93. The van der Waals surface area contributed by atoms with Crippen molar-refractivity contribution in [1.29, 1.82) is 0 Å². The van der Waals surface area contributed by atoms with Crippen molar-refractivity contribution in [2.75, 3.05) is 45.7 Å². The van der Waals surface area contributed by atoms with E-state index < -0.39 is 11.7 Å². The number of methoxy groups -OCH3 is 1. The number of fused-ring (bicyclic) bond motifs is 1. The van der Waals surface area contributed by atoms with Gasteiger partial charge in [-0.15, -0.1) is 0 Å². The quantitative estimate of drug-likeness (QED) is 0.732. The second-order valence-corrected chi connectivity index (χ2v) is 8.83. The lowest BCUT2D eigenvalue weighted by Crippen LogP contribution is -2.46. The van der Waals surface area contributed by atoms with Gasteiger partial charge in [0, 0.05) is 39.0 Å². The van der Waals surface area contributed by atoms with E-state index in [2.05, 4.69) is 31.0 Å². The number of amides is 2. The summed E-state index contributed by atoms with van der Waals surface area (Å²) in [5.74, 6) is -0.806. The molecule has 0 unspecified atom stereocenters. The van der Waals surface area contributed by atoms with Crippen LogP contribution in [0.25, 0.3) is 0 Å². The molecule has 0 aliphatic carbocycles. The minimum Gasteiger partial charge on any atom is -0.491 e. The first kappa shape index (κ1) is 25.6. The topological polar surface area (TPSA) is 71.1 Å². The highest BCUT2D eigenvalue weighted by Crippen LogP contribution is 2.27. The van der Waals surface area contributed by atoms with E-state index in [4.69, 9.17) is 9.47 Å². The molecule has 34 heavy (non-hydrogen) atoms. The van der Waals surface area contributed by atoms with Gasteiger partial charge >= 0.3 is 0 Å². The van der Waals surface area contributed by atoms with Crippen LogP contribution in [0.4, 0.5) is 10.1 Å². The van der Waals surface area contributed by atoms with E-state index in [1.54, 1.807) is 43.3 Å². The summed E-state index contributed by atoms with van der Waals surface area (Å²) in [4.78, 5) is 29.9. The fourth-order valence-electron chi connectivity index (χ4n) is 4.21. The predicted molar refractivity (Wildman–Crippen MR) is 130 cm³/mol. The highest BCUT2D eigenvalue weighted by molar-refractivity contribution is 6.05. The maximum absolute atomic E-state index is 14.0. The molecule has 3 rings (SSSR count). The SMILES string of the molecule is CCN1C[C@@H](C)[C@H](OC)CN(C)C(=O)c2cc(NC(=O)c3ccccc3F)ccc2OC[C@H]1C. The Kier molecular flexibility index (Phi) is 8.63. The molecule has 0 saturated carbocycles. The summed E-state index contributed by atoms with van der Waals surface area (Å²) >= 11 is 0. The molecule has 1 N–H and O–H groups in total. The van der Waals surface area contributed by atoms with Gasteiger partial charge in [-0.2, -0.15) is 0 Å². The molecular formula is C26H34FN3O4. The van der Waals surface area contributed by atoms with Crippen molar-refractivity contribution in [3.05, 3.63) is 59.4 Å². The average molecular weight is 472 g/mol. The molecule has 2 amide bonds. The van der Waals surface area contributed by atoms with Crippen LogP contribution in [0.15, 0.2) is 42.5 Å². The van der Waals surface area contributed by atoms with Crippen molar-refractivity contribution >= 4 is 17.5 Å². The zero-order chi connectivity index (χ0) is 24.8. The molecule has 0 saturated heterocycles. The highest BCUT2D eigenvalue weighted by atomic mass is 19.1. The van der Waals surface area contributed by atoms with Gasteiger partial charge in [0.2, 0.25) is 0 Å². The molecule has 0 fully saturated rings. The largest absolute Gasteiger partial charge is 0.491 e. The Hall–Kier alpha value is -2.97. The number of hydrogen-bond donors (Lipinski definition) is 1. The van der Waals surface area contributed by atoms with E-state index in [1.165, 1.54) is 18.2 Å². The number of carbonyl (C=O) groups excluding carboxylic acids is 2. The molecule has 0 bridgehead atoms. The Labute approximate surface area is 200 Å². The molecule has 0 aromatic heterocycles. The number of benzene rings is 2. The Morgan fingerprint density at radius 1 is 1.21 bits per heavy atom. The summed E-state index contributed by atoms with van der Waals surface area (Å²) in [7, 11) is 3.39. The standard InChI is InChI=1S/C26H34FN3O4/c1-6-30-14-17(2)24(33-5)15-29(4)26(32)21-13-19(11-12-23(21)34-16-18(30)3)28-25(31)20-9-7-8-10-22(20)27/h7-13,17-18,24H,6,14-16H2,1-5H3,(H,28,31)/t17-,18-,24-/m1/s1. The van der Waals surface area contributed by atoms with Gasteiger partial charge in [-0.25, -0.2) is 4.39 Å². The van der Waals surface area contributed by atoms with Crippen molar-refractivity contribution in [2.24, 2.45) is 5.92 Å². The first-order valence-electron chi connectivity index (χ1n) is 11.6. The maximum atomic E-state index is 14.0. The molecule has 1 aliphatic heterocycles. The van der Waals surface area contributed by atoms with Crippen molar-refractivity contribution < 1.29 is 23.5 Å². The van der Waals surface area contributed by atoms with Gasteiger partial charge in [-0.3, -0.25) is 14.5 Å². The van der Waals surface area contributed by atoms with Crippen molar-refractivity contribution in [2.45, 2.75) is 32.9 Å². The Bertz CT molecular complexity index is 1020. The van der Waals surface area contributed by atoms with E-state index in [9.17, 15) is 14.0 Å². The van der Waals surface area contributed by atoms with Gasteiger partial charge in [0.05, 0.1) is 17.2 Å². The van der Waals surface area contributed by atoms with Gasteiger partial charge in [-0.05, 0) is 49.7 Å². The summed E-state index contributed by atoms with van der Waals surface area (Å²) in [6, 6.07) is 10.8. The van der Waals surface area contributed by atoms with E-state index in [0.717, 1.165) is 13.1 Å². The summed E-state index contributed by atoms with van der Waals surface area (Å²) in [5, 5.41) is 2.68. The lowest BCUT2D eigenvalue weighted by atomic mass is 10.0. The third-order valence-electron chi connectivity index (χ3n) is 6.36. The fraction of sp³-hybridized carbons (Fsp3) is 0.462. The summed E-state index contributed by atoms with van der Waals surface area (Å²) in [6.07, 6.45) is -0.136. The third kappa shape index (κ3) is 5.93. The third-order valence-corrected chi connectivity index (χ3v) is 6.36. The van der Waals surface area contributed by atoms with Crippen LogP contribution in [-0.4, -0.2) is 74.2 Å². The zero-order valence-electron chi connectivity index (χ0n) is 20.5. The van der Waals surface area contributed by atoms with Crippen molar-refractivity contribution in [1.82, 2.24) is 9.80 Å². The number of likely N-dealkylation sites (N-methyl/N-ethyl adjacent to an activating group) is 2. The van der Waals surface area contributed by atoms with E-state index in [-0.39, 0.29) is 29.5 Å². The molecular weight excluding hydrogens is 437 g/mol. The number of halogens is 1. The molecule has 1 aliphatic rings. The smallest absolute Gasteiger partial charge is 0.258 e. The summed E-state index contributed by atoms with van der Waals surface area (Å²) < 4.78 is 25.8. The highest BCUT2D eigenvalue weighted by Gasteiger charge is 2.28. The normalized spacial score (nSPS) is 22.2. The average Bonchev–Trinajstić information content (AvgIpc) is 2.83. The maximum Gasteiger partial charge on any atom is 0.258 e. The number of rotatable bonds is 4. The van der Waals surface area contributed by atoms with Crippen LogP contribution < -0.4 is 10.1 Å². The molecule has 1 heterocycles. The van der Waals surface area contributed by atoms with E-state index in [0.29, 0.717) is 30.2 Å². The number of carbonyl (C=O) groups is 2. The number of ether oxygens (including phenoxy) is 2. The van der Waals surface area contributed by atoms with Gasteiger partial charge in [-0.1, -0.05) is 26.0 Å². The van der Waals surface area contributed by atoms with Crippen molar-refractivity contribution in [3.63, 3.8) is 0 Å². The van der Waals surface area contributed by atoms with E-state index >= 15 is 0 Å². The first-order valence-corrected chi connectivity index (χ1v) is 11.6. The molecule has 3 atom stereocenters. The summed E-state index contributed by atoms with van der Waals surface area (Å²) in [6.45, 7) is 8.85. The second kappa shape index (κ2) is 11.4. The van der Waals surface area contributed by atoms with Gasteiger partial charge in [0.15, 0.2) is 0 Å². The fourth-order valence-corrected chi connectivity index (χ4v) is 4.21. The minimum absolute atomic E-state index is 0.0691. The lowest BCUT2D eigenvalue weighted by Gasteiger charge is -2.35. The van der Waals surface area contributed by atoms with Crippen LogP contribution in [0.3, 0.4) is 0 Å². The van der Waals surface area contributed by atoms with Crippen LogP contribution in [-0.2, 0) is 4.74 Å². The van der Waals surface area contributed by atoms with Gasteiger partial charge in [0.1, 0.15) is 18.2 Å². The number of nitrogens with zero attached hydrogens (tertiary/aromatic N) is 2. The predicted octanol–water partition coefficient (Wildman–Crippen LogP) is 3.90. The first-order chi connectivity index (χ1) is 16.2. The monoisotopic (exact) mass is 471 g/mol. The van der Waals surface area contributed by atoms with E-state index in [1.807, 2.05) is 0 Å². The van der Waals surface area contributed by atoms with Crippen LogP contribution >= 0.6 is 0 Å². The number of anilines is 1. The molecule has 184 valence electrons. The Morgan fingerprint density at radius 2 is 1.94 bits per heavy atom. The lowest BCUT2D eigenvalue weighted by molar-refractivity contribution is 0.0116. The van der Waals surface area contributed by atoms with Crippen LogP contribution in [0, 0.1) is 11.7 Å². The minimum atomic E-state index is -0.611.